The molecule has 3 N–H and O–H groups in total. The van der Waals surface area contributed by atoms with Crippen molar-refractivity contribution >= 4 is 89.9 Å². The lowest BCUT2D eigenvalue weighted by Gasteiger charge is -2.30. The van der Waals surface area contributed by atoms with Gasteiger partial charge in [0, 0.05) is 25.8 Å². The summed E-state index contributed by atoms with van der Waals surface area (Å²) in [6.07, 6.45) is 1.52. The fourth-order valence-electron chi connectivity index (χ4n) is 4.17. The summed E-state index contributed by atoms with van der Waals surface area (Å²) in [5.74, 6) is 0.0997. The number of hydrogen-bond donors (Lipinski definition) is 3. The summed E-state index contributed by atoms with van der Waals surface area (Å²) in [4.78, 5) is 25.5. The molecular weight excluding hydrogens is 815 g/mol. The molecule has 1 heterocycles. The highest BCUT2D eigenvalue weighted by Crippen LogP contribution is 2.34. The van der Waals surface area contributed by atoms with Gasteiger partial charge in [-0.3, -0.25) is 4.79 Å². The number of hydrazone groups is 1. The van der Waals surface area contributed by atoms with Crippen molar-refractivity contribution in [3.8, 4) is 11.5 Å². The Morgan fingerprint density at radius 1 is 1.09 bits per heavy atom. The number of carbonyl (C=O) groups is 2. The second-order valence-electron chi connectivity index (χ2n) is 9.13. The number of allylic oxidation sites excluding steroid dienone is 1. The van der Waals surface area contributed by atoms with Gasteiger partial charge in [-0.05, 0) is 84.6 Å². The minimum absolute atomic E-state index is 0.226. The number of amides is 1. The molecule has 9 nitrogen and oxygen atoms in total. The maximum Gasteiger partial charge on any atom is 0.338 e. The molecule has 224 valence electrons. The van der Waals surface area contributed by atoms with Crippen LogP contribution in [0.15, 0.2) is 86.0 Å². The summed E-state index contributed by atoms with van der Waals surface area (Å²) in [6.45, 7) is 3.78. The van der Waals surface area contributed by atoms with Gasteiger partial charge in [0.05, 0.1) is 28.0 Å². The Morgan fingerprint density at radius 2 is 1.84 bits per heavy atom. The van der Waals surface area contributed by atoms with Gasteiger partial charge in [-0.15, -0.1) is 0 Å². The Kier molecular flexibility index (Phi) is 12.0. The van der Waals surface area contributed by atoms with E-state index in [1.807, 2.05) is 42.5 Å². The number of nitrogens with one attached hydrogen (secondary N) is 3. The van der Waals surface area contributed by atoms with E-state index in [9.17, 15) is 9.59 Å². The standard InChI is InChI=1S/C30H27Br2IN4O5S/c1-3-40-29(39)26-17(2)35-30(43)36-27(26)22-6-4-5-7-24(22)41-16-25(38)37-34-14-19-12-21(32)13-23(33)28(19)42-15-18-8-10-20(31)11-9-18/h4-14,27H,3,15-16H2,1-2H3,(H,37,38)(H2,35,36,43)/t27-/m1/s1. The van der Waals surface area contributed by atoms with Crippen LogP contribution in [0.4, 0.5) is 0 Å². The smallest absolute Gasteiger partial charge is 0.338 e. The fourth-order valence-corrected chi connectivity index (χ4v) is 6.41. The van der Waals surface area contributed by atoms with Gasteiger partial charge in [-0.2, -0.15) is 5.10 Å². The van der Waals surface area contributed by atoms with Crippen LogP contribution in [0.3, 0.4) is 0 Å². The van der Waals surface area contributed by atoms with Crippen LogP contribution in [-0.2, 0) is 20.9 Å². The molecule has 0 bridgehead atoms. The van der Waals surface area contributed by atoms with E-state index in [2.05, 4.69) is 75.6 Å². The molecule has 0 saturated carbocycles. The summed E-state index contributed by atoms with van der Waals surface area (Å²) in [5, 5.41) is 10.6. The highest BCUT2D eigenvalue weighted by Gasteiger charge is 2.32. The number of ether oxygens (including phenoxy) is 3. The van der Waals surface area contributed by atoms with Crippen molar-refractivity contribution in [2.24, 2.45) is 5.10 Å². The largest absolute Gasteiger partial charge is 0.487 e. The summed E-state index contributed by atoms with van der Waals surface area (Å²) < 4.78 is 20.0. The first-order valence-electron chi connectivity index (χ1n) is 13.0. The molecule has 0 unspecified atom stereocenters. The Morgan fingerprint density at radius 3 is 2.58 bits per heavy atom. The molecule has 3 aromatic rings. The number of thiocarbonyl (C=S) groups is 1. The number of rotatable bonds is 11. The lowest BCUT2D eigenvalue weighted by Crippen LogP contribution is -2.45. The zero-order valence-corrected chi connectivity index (χ0v) is 29.2. The van der Waals surface area contributed by atoms with Crippen molar-refractivity contribution in [1.82, 2.24) is 16.1 Å². The molecule has 1 aliphatic heterocycles. The zero-order valence-electron chi connectivity index (χ0n) is 23.1. The fraction of sp³-hybridized carbons (Fsp3) is 0.200. The van der Waals surface area contributed by atoms with E-state index in [0.717, 1.165) is 18.1 Å². The van der Waals surface area contributed by atoms with E-state index < -0.39 is 17.9 Å². The molecular formula is C30H27Br2IN4O5S. The molecule has 4 rings (SSSR count). The number of nitrogens with zero attached hydrogens (tertiary/aromatic N) is 1. The highest BCUT2D eigenvalue weighted by atomic mass is 127. The molecule has 3 aromatic carbocycles. The van der Waals surface area contributed by atoms with Crippen LogP contribution < -0.4 is 25.5 Å². The highest BCUT2D eigenvalue weighted by molar-refractivity contribution is 14.1. The van der Waals surface area contributed by atoms with Gasteiger partial charge in [-0.1, -0.05) is 62.2 Å². The van der Waals surface area contributed by atoms with Crippen LogP contribution >= 0.6 is 66.7 Å². The molecule has 1 atom stereocenters. The van der Waals surface area contributed by atoms with E-state index in [1.54, 1.807) is 32.0 Å². The molecule has 43 heavy (non-hydrogen) atoms. The van der Waals surface area contributed by atoms with E-state index >= 15 is 0 Å². The molecule has 0 radical (unpaired) electrons. The number of benzene rings is 3. The van der Waals surface area contributed by atoms with Gasteiger partial charge < -0.3 is 24.8 Å². The van der Waals surface area contributed by atoms with Gasteiger partial charge in [-0.25, -0.2) is 10.2 Å². The van der Waals surface area contributed by atoms with Crippen LogP contribution in [0.25, 0.3) is 0 Å². The van der Waals surface area contributed by atoms with E-state index in [1.165, 1.54) is 6.21 Å². The number of esters is 1. The van der Waals surface area contributed by atoms with Crippen LogP contribution in [0.2, 0.25) is 0 Å². The molecule has 1 amide bonds. The lowest BCUT2D eigenvalue weighted by molar-refractivity contribution is -0.139. The van der Waals surface area contributed by atoms with Crippen LogP contribution in [0.5, 0.6) is 11.5 Å². The van der Waals surface area contributed by atoms with Crippen molar-refractivity contribution in [2.45, 2.75) is 26.5 Å². The molecule has 13 heteroatoms. The second kappa shape index (κ2) is 15.6. The predicted octanol–water partition coefficient (Wildman–Crippen LogP) is 6.28. The summed E-state index contributed by atoms with van der Waals surface area (Å²) in [6, 6.07) is 18.1. The van der Waals surface area contributed by atoms with Gasteiger partial charge >= 0.3 is 5.97 Å². The number of halogens is 3. The third-order valence-corrected chi connectivity index (χ3v) is 8.09. The third kappa shape index (κ3) is 9.00. The van der Waals surface area contributed by atoms with E-state index in [4.69, 9.17) is 26.4 Å². The number of carbonyl (C=O) groups excluding carboxylic acids is 2. The first kappa shape index (κ1) is 32.9. The molecule has 0 spiro atoms. The molecule has 0 aromatic heterocycles. The van der Waals surface area contributed by atoms with Crippen LogP contribution in [-0.4, -0.2) is 36.4 Å². The van der Waals surface area contributed by atoms with E-state index in [0.29, 0.717) is 45.6 Å². The molecule has 0 saturated heterocycles. The molecule has 0 fully saturated rings. The normalized spacial score (nSPS) is 14.6. The summed E-state index contributed by atoms with van der Waals surface area (Å²) >= 11 is 14.5. The first-order chi connectivity index (χ1) is 20.7. The molecule has 0 aliphatic carbocycles. The minimum Gasteiger partial charge on any atom is -0.487 e. The Hall–Kier alpha value is -3.01. The quantitative estimate of drug-likeness (QED) is 0.0682. The van der Waals surface area contributed by atoms with Crippen molar-refractivity contribution in [2.75, 3.05) is 13.2 Å². The minimum atomic E-state index is -0.625. The maximum absolute atomic E-state index is 12.8. The lowest BCUT2D eigenvalue weighted by atomic mass is 9.95. The summed E-state index contributed by atoms with van der Waals surface area (Å²) in [5.41, 5.74) is 5.78. The third-order valence-electron chi connectivity index (χ3n) is 6.08. The Balaban J connectivity index is 1.43. The SMILES string of the molecule is CCOC(=O)C1=C(C)NC(=S)N[C@@H]1c1ccccc1OCC(=O)NN=Cc1cc(Br)cc(I)c1OCc1ccc(Br)cc1. The van der Waals surface area contributed by atoms with Gasteiger partial charge in [0.2, 0.25) is 0 Å². The van der Waals surface area contributed by atoms with Crippen molar-refractivity contribution in [3.05, 3.63) is 101 Å². The average Bonchev–Trinajstić information content (AvgIpc) is 2.96. The van der Waals surface area contributed by atoms with E-state index in [-0.39, 0.29) is 13.2 Å². The van der Waals surface area contributed by atoms with Gasteiger partial charge in [0.25, 0.3) is 5.91 Å². The van der Waals surface area contributed by atoms with Gasteiger partial charge in [0.15, 0.2) is 11.7 Å². The number of hydrogen-bond acceptors (Lipinski definition) is 7. The molecule has 1 aliphatic rings. The number of para-hydroxylation sites is 1. The van der Waals surface area contributed by atoms with Crippen molar-refractivity contribution < 1.29 is 23.8 Å². The maximum atomic E-state index is 12.8. The monoisotopic (exact) mass is 840 g/mol. The second-order valence-corrected chi connectivity index (χ2v) is 12.5. The van der Waals surface area contributed by atoms with Crippen LogP contribution in [0.1, 0.15) is 36.6 Å². The first-order valence-corrected chi connectivity index (χ1v) is 16.1. The average molecular weight is 842 g/mol. The Bertz CT molecular complexity index is 1580. The predicted molar refractivity (Wildman–Crippen MR) is 184 cm³/mol. The van der Waals surface area contributed by atoms with Crippen molar-refractivity contribution in [1.29, 1.82) is 0 Å². The Labute approximate surface area is 285 Å². The van der Waals surface area contributed by atoms with Gasteiger partial charge in [0.1, 0.15) is 18.1 Å². The summed E-state index contributed by atoms with van der Waals surface area (Å²) in [7, 11) is 0. The topological polar surface area (TPSA) is 110 Å². The zero-order chi connectivity index (χ0) is 30.9. The van der Waals surface area contributed by atoms with Crippen LogP contribution in [0, 0.1) is 3.57 Å². The van der Waals surface area contributed by atoms with Crippen molar-refractivity contribution in [3.63, 3.8) is 0 Å².